The van der Waals surface area contributed by atoms with Gasteiger partial charge >= 0.3 is 5.97 Å². The molecule has 0 unspecified atom stereocenters. The molecule has 0 heterocycles. The maximum absolute atomic E-state index is 10.3. The fraction of sp³-hybridized carbons (Fsp3) is 0.333. The van der Waals surface area contributed by atoms with Crippen LogP contribution in [0.15, 0.2) is 24.3 Å². The van der Waals surface area contributed by atoms with Gasteiger partial charge in [-0.15, -0.1) is 0 Å². The Hall–Kier alpha value is -1.64. The SMILES string of the molecule is CC(C)=O.Cc1ccccc1CC(=O)O. The zero-order valence-corrected chi connectivity index (χ0v) is 9.28. The minimum Gasteiger partial charge on any atom is -0.481 e. The lowest BCUT2D eigenvalue weighted by Crippen LogP contribution is -2.01. The number of aliphatic carboxylic acids is 1. The van der Waals surface area contributed by atoms with Crippen molar-refractivity contribution in [3.63, 3.8) is 0 Å². The Labute approximate surface area is 89.7 Å². The van der Waals surface area contributed by atoms with Crippen molar-refractivity contribution in [2.24, 2.45) is 0 Å². The number of ketones is 1. The highest BCUT2D eigenvalue weighted by molar-refractivity contribution is 5.72. The number of aryl methyl sites for hydroxylation is 1. The molecule has 1 aromatic rings. The second-order valence-corrected chi connectivity index (χ2v) is 3.41. The van der Waals surface area contributed by atoms with Crippen molar-refractivity contribution in [2.45, 2.75) is 27.2 Å². The number of Topliss-reactive ketones (excluding diaryl/α,β-unsaturated/α-hetero) is 1. The molecule has 0 fully saturated rings. The fourth-order valence-corrected chi connectivity index (χ4v) is 0.971. The van der Waals surface area contributed by atoms with Crippen LogP contribution in [-0.2, 0) is 16.0 Å². The van der Waals surface area contributed by atoms with Crippen LogP contribution in [0.1, 0.15) is 25.0 Å². The molecule has 1 N–H and O–H groups in total. The van der Waals surface area contributed by atoms with E-state index in [1.54, 1.807) is 0 Å². The van der Waals surface area contributed by atoms with E-state index >= 15 is 0 Å². The van der Waals surface area contributed by atoms with Crippen LogP contribution in [-0.4, -0.2) is 16.9 Å². The standard InChI is InChI=1S/C9H10O2.C3H6O/c1-7-4-2-3-5-8(7)6-9(10)11;1-3(2)4/h2-5H,6H2,1H3,(H,10,11);1-2H3. The number of hydrogen-bond donors (Lipinski definition) is 1. The van der Waals surface area contributed by atoms with Gasteiger partial charge in [-0.2, -0.15) is 0 Å². The van der Waals surface area contributed by atoms with Gasteiger partial charge in [0.15, 0.2) is 0 Å². The van der Waals surface area contributed by atoms with E-state index in [1.807, 2.05) is 31.2 Å². The molecule has 1 aromatic carbocycles. The molecule has 3 heteroatoms. The van der Waals surface area contributed by atoms with Gasteiger partial charge in [-0.3, -0.25) is 4.79 Å². The van der Waals surface area contributed by atoms with Gasteiger partial charge in [0.05, 0.1) is 6.42 Å². The molecule has 1 rings (SSSR count). The molecule has 0 aliphatic carbocycles. The average Bonchev–Trinajstić information content (AvgIpc) is 2.07. The van der Waals surface area contributed by atoms with Crippen LogP contribution < -0.4 is 0 Å². The van der Waals surface area contributed by atoms with Crippen molar-refractivity contribution in [3.05, 3.63) is 35.4 Å². The quantitative estimate of drug-likeness (QED) is 0.810. The van der Waals surface area contributed by atoms with Gasteiger partial charge in [0.25, 0.3) is 0 Å². The highest BCUT2D eigenvalue weighted by Gasteiger charge is 2.01. The third kappa shape index (κ3) is 7.43. The summed E-state index contributed by atoms with van der Waals surface area (Å²) < 4.78 is 0. The molecule has 0 saturated carbocycles. The number of carboxylic acids is 1. The predicted octanol–water partition coefficient (Wildman–Crippen LogP) is 2.22. The van der Waals surface area contributed by atoms with E-state index in [2.05, 4.69) is 0 Å². The van der Waals surface area contributed by atoms with Crippen LogP contribution in [0.2, 0.25) is 0 Å². The van der Waals surface area contributed by atoms with E-state index in [4.69, 9.17) is 5.11 Å². The molecule has 0 atom stereocenters. The summed E-state index contributed by atoms with van der Waals surface area (Å²) in [6.07, 6.45) is 0.118. The fourth-order valence-electron chi connectivity index (χ4n) is 0.971. The van der Waals surface area contributed by atoms with Crippen LogP contribution in [0.25, 0.3) is 0 Å². The van der Waals surface area contributed by atoms with E-state index in [9.17, 15) is 9.59 Å². The molecule has 0 aliphatic heterocycles. The number of carbonyl (C=O) groups excluding carboxylic acids is 1. The van der Waals surface area contributed by atoms with Gasteiger partial charge in [0.2, 0.25) is 0 Å². The Morgan fingerprint density at radius 2 is 1.67 bits per heavy atom. The maximum Gasteiger partial charge on any atom is 0.307 e. The number of carbonyl (C=O) groups is 2. The molecule has 0 spiro atoms. The first kappa shape index (κ1) is 13.4. The van der Waals surface area contributed by atoms with Crippen molar-refractivity contribution in [1.82, 2.24) is 0 Å². The van der Waals surface area contributed by atoms with Crippen molar-refractivity contribution < 1.29 is 14.7 Å². The van der Waals surface area contributed by atoms with E-state index in [0.717, 1.165) is 11.1 Å². The normalized spacial score (nSPS) is 8.73. The Bertz CT molecular complexity index is 338. The van der Waals surface area contributed by atoms with E-state index < -0.39 is 5.97 Å². The Morgan fingerprint density at radius 3 is 2.07 bits per heavy atom. The van der Waals surface area contributed by atoms with E-state index in [-0.39, 0.29) is 12.2 Å². The molecule has 0 aliphatic rings. The van der Waals surface area contributed by atoms with Crippen LogP contribution in [0, 0.1) is 6.92 Å². The topological polar surface area (TPSA) is 54.4 Å². The molecule has 0 bridgehead atoms. The zero-order chi connectivity index (χ0) is 11.8. The summed E-state index contributed by atoms with van der Waals surface area (Å²) in [6.45, 7) is 4.97. The van der Waals surface area contributed by atoms with E-state index in [0.29, 0.717) is 0 Å². The van der Waals surface area contributed by atoms with Gasteiger partial charge in [0.1, 0.15) is 5.78 Å². The minimum absolute atomic E-state index is 0.118. The summed E-state index contributed by atoms with van der Waals surface area (Å²) in [6, 6.07) is 7.51. The molecule has 0 radical (unpaired) electrons. The van der Waals surface area contributed by atoms with Crippen LogP contribution in [0.4, 0.5) is 0 Å². The summed E-state index contributed by atoms with van der Waals surface area (Å²) in [4.78, 5) is 19.8. The Balaban J connectivity index is 0.000000423. The maximum atomic E-state index is 10.3. The highest BCUT2D eigenvalue weighted by atomic mass is 16.4. The molecule has 0 amide bonds. The molecule has 0 saturated heterocycles. The molecule has 82 valence electrons. The number of hydrogen-bond acceptors (Lipinski definition) is 2. The van der Waals surface area contributed by atoms with Crippen molar-refractivity contribution in [1.29, 1.82) is 0 Å². The third-order valence-electron chi connectivity index (χ3n) is 1.60. The van der Waals surface area contributed by atoms with Crippen molar-refractivity contribution >= 4 is 11.8 Å². The smallest absolute Gasteiger partial charge is 0.307 e. The summed E-state index contributed by atoms with van der Waals surface area (Å²) in [5, 5.41) is 8.49. The molecule has 15 heavy (non-hydrogen) atoms. The molecular formula is C12H16O3. The summed E-state index contributed by atoms with van der Waals surface area (Å²) in [5.74, 6) is -0.612. The van der Waals surface area contributed by atoms with Gasteiger partial charge in [-0.25, -0.2) is 0 Å². The number of benzene rings is 1. The van der Waals surface area contributed by atoms with Crippen LogP contribution in [0.5, 0.6) is 0 Å². The second kappa shape index (κ2) is 6.76. The van der Waals surface area contributed by atoms with Gasteiger partial charge in [0, 0.05) is 0 Å². The zero-order valence-electron chi connectivity index (χ0n) is 9.28. The first-order valence-corrected chi connectivity index (χ1v) is 4.67. The van der Waals surface area contributed by atoms with Gasteiger partial charge in [-0.05, 0) is 31.9 Å². The summed E-state index contributed by atoms with van der Waals surface area (Å²) >= 11 is 0. The van der Waals surface area contributed by atoms with Gasteiger partial charge in [-0.1, -0.05) is 24.3 Å². The van der Waals surface area contributed by atoms with Gasteiger partial charge < -0.3 is 9.90 Å². The Morgan fingerprint density at radius 1 is 1.20 bits per heavy atom. The number of rotatable bonds is 2. The molecular weight excluding hydrogens is 192 g/mol. The lowest BCUT2D eigenvalue weighted by molar-refractivity contribution is -0.136. The molecule has 0 aromatic heterocycles. The second-order valence-electron chi connectivity index (χ2n) is 3.41. The first-order chi connectivity index (χ1) is 6.93. The number of carboxylic acid groups (broad SMARTS) is 1. The largest absolute Gasteiger partial charge is 0.481 e. The summed E-state index contributed by atoms with van der Waals surface area (Å²) in [5.41, 5.74) is 1.93. The first-order valence-electron chi connectivity index (χ1n) is 4.67. The monoisotopic (exact) mass is 208 g/mol. The molecule has 3 nitrogen and oxygen atoms in total. The minimum atomic E-state index is -0.778. The highest BCUT2D eigenvalue weighted by Crippen LogP contribution is 2.06. The predicted molar refractivity (Wildman–Crippen MR) is 58.9 cm³/mol. The Kier molecular flexibility index (Phi) is 6.02. The van der Waals surface area contributed by atoms with Crippen molar-refractivity contribution in [3.8, 4) is 0 Å². The lowest BCUT2D eigenvalue weighted by atomic mass is 10.1. The average molecular weight is 208 g/mol. The van der Waals surface area contributed by atoms with Crippen LogP contribution >= 0.6 is 0 Å². The van der Waals surface area contributed by atoms with E-state index in [1.165, 1.54) is 13.8 Å². The van der Waals surface area contributed by atoms with Crippen LogP contribution in [0.3, 0.4) is 0 Å². The summed E-state index contributed by atoms with van der Waals surface area (Å²) in [7, 11) is 0. The lowest BCUT2D eigenvalue weighted by Gasteiger charge is -1.99. The third-order valence-corrected chi connectivity index (χ3v) is 1.60. The van der Waals surface area contributed by atoms with Crippen molar-refractivity contribution in [2.75, 3.05) is 0 Å².